The second kappa shape index (κ2) is 12.6. The quantitative estimate of drug-likeness (QED) is 0.207. The van der Waals surface area contributed by atoms with Crippen LogP contribution in [-0.2, 0) is 25.6 Å². The Morgan fingerprint density at radius 2 is 1.59 bits per heavy atom. The first kappa shape index (κ1) is 26.9. The van der Waals surface area contributed by atoms with Gasteiger partial charge in [-0.1, -0.05) is 32.4 Å². The maximum Gasteiger partial charge on any atom is 0.328 e. The van der Waals surface area contributed by atoms with E-state index in [-0.39, 0.29) is 18.1 Å². The van der Waals surface area contributed by atoms with E-state index >= 15 is 0 Å². The molecule has 0 aromatic heterocycles. The summed E-state index contributed by atoms with van der Waals surface area (Å²) in [7, 11) is 0. The van der Waals surface area contributed by atoms with Gasteiger partial charge in [-0.2, -0.15) is 0 Å². The zero-order chi connectivity index (χ0) is 24.4. The van der Waals surface area contributed by atoms with Crippen molar-refractivity contribution < 1.29 is 34.5 Å². The van der Waals surface area contributed by atoms with Crippen LogP contribution in [0.4, 0.5) is 0 Å². The highest BCUT2D eigenvalue weighted by atomic mass is 16.4. The van der Waals surface area contributed by atoms with Crippen LogP contribution in [0.1, 0.15) is 32.8 Å². The predicted octanol–water partition coefficient (Wildman–Crippen LogP) is -1.14. The first-order valence-corrected chi connectivity index (χ1v) is 10.3. The molecule has 0 saturated carbocycles. The number of aliphatic hydroxyl groups is 1. The third-order valence-corrected chi connectivity index (χ3v) is 5.01. The lowest BCUT2D eigenvalue weighted by Gasteiger charge is -2.25. The molecule has 0 radical (unpaired) electrons. The molecule has 0 bridgehead atoms. The third kappa shape index (κ3) is 8.52. The lowest BCUT2D eigenvalue weighted by molar-refractivity contribution is -0.144. The molecule has 0 saturated heterocycles. The highest BCUT2D eigenvalue weighted by Crippen LogP contribution is 2.12. The Bertz CT molecular complexity index is 798. The Morgan fingerprint density at radius 1 is 1.00 bits per heavy atom. The van der Waals surface area contributed by atoms with Gasteiger partial charge in [0.05, 0.1) is 18.7 Å². The van der Waals surface area contributed by atoms with E-state index in [1.807, 2.05) is 6.92 Å². The van der Waals surface area contributed by atoms with Crippen LogP contribution in [0.5, 0.6) is 5.75 Å². The average Bonchev–Trinajstić information content (AvgIpc) is 2.74. The summed E-state index contributed by atoms with van der Waals surface area (Å²) < 4.78 is 0. The summed E-state index contributed by atoms with van der Waals surface area (Å²) in [6.45, 7) is 4.27. The van der Waals surface area contributed by atoms with Crippen molar-refractivity contribution in [1.82, 2.24) is 16.0 Å². The molecule has 1 aromatic carbocycles. The third-order valence-electron chi connectivity index (χ3n) is 5.01. The van der Waals surface area contributed by atoms with E-state index in [0.29, 0.717) is 6.42 Å². The van der Waals surface area contributed by atoms with Crippen molar-refractivity contribution in [2.24, 2.45) is 11.7 Å². The fourth-order valence-corrected chi connectivity index (χ4v) is 2.83. The lowest BCUT2D eigenvalue weighted by Crippen LogP contribution is -2.56. The van der Waals surface area contributed by atoms with E-state index in [0.717, 1.165) is 5.56 Å². The number of phenolic OH excluding ortho intramolecular Hbond substituents is 1. The Labute approximate surface area is 186 Å². The maximum atomic E-state index is 12.6. The molecule has 5 atom stereocenters. The van der Waals surface area contributed by atoms with Crippen LogP contribution >= 0.6 is 0 Å². The Balaban J connectivity index is 2.71. The summed E-state index contributed by atoms with van der Waals surface area (Å²) >= 11 is 0. The number of benzene rings is 1. The van der Waals surface area contributed by atoms with Crippen LogP contribution in [0.15, 0.2) is 24.3 Å². The molecular weight excluding hydrogens is 420 g/mol. The van der Waals surface area contributed by atoms with Crippen molar-refractivity contribution in [3.63, 3.8) is 0 Å². The molecule has 0 spiro atoms. The zero-order valence-electron chi connectivity index (χ0n) is 18.4. The molecular formula is C21H32N4O7. The minimum Gasteiger partial charge on any atom is -0.508 e. The number of aromatic hydroxyl groups is 1. The van der Waals surface area contributed by atoms with E-state index in [9.17, 15) is 29.4 Å². The summed E-state index contributed by atoms with van der Waals surface area (Å²) in [6, 6.07) is 2.82. The largest absolute Gasteiger partial charge is 0.508 e. The SMILES string of the molecule is CCC(C)C(NC(=O)C(N)Cc1ccc(O)cc1)C(=O)NCC(=O)NC(C(=O)O)C(C)O. The molecule has 0 aliphatic heterocycles. The van der Waals surface area contributed by atoms with Gasteiger partial charge in [0, 0.05) is 0 Å². The number of hydrogen-bond donors (Lipinski definition) is 7. The van der Waals surface area contributed by atoms with Crippen molar-refractivity contribution in [3.8, 4) is 5.75 Å². The number of carboxylic acid groups (broad SMARTS) is 1. The first-order chi connectivity index (χ1) is 15.0. The molecule has 0 heterocycles. The van der Waals surface area contributed by atoms with Crippen LogP contribution < -0.4 is 21.7 Å². The fourth-order valence-electron chi connectivity index (χ4n) is 2.83. The minimum absolute atomic E-state index is 0.0902. The Morgan fingerprint density at radius 3 is 2.09 bits per heavy atom. The molecule has 0 aliphatic carbocycles. The molecule has 32 heavy (non-hydrogen) atoms. The number of rotatable bonds is 12. The average molecular weight is 453 g/mol. The van der Waals surface area contributed by atoms with Crippen molar-refractivity contribution in [3.05, 3.63) is 29.8 Å². The van der Waals surface area contributed by atoms with Gasteiger partial charge in [-0.15, -0.1) is 0 Å². The monoisotopic (exact) mass is 452 g/mol. The summed E-state index contributed by atoms with van der Waals surface area (Å²) in [5, 5.41) is 34.8. The van der Waals surface area contributed by atoms with Gasteiger partial charge in [0.2, 0.25) is 17.7 Å². The molecule has 11 heteroatoms. The zero-order valence-corrected chi connectivity index (χ0v) is 18.4. The number of phenols is 1. The molecule has 3 amide bonds. The highest BCUT2D eigenvalue weighted by molar-refractivity contribution is 5.92. The molecule has 8 N–H and O–H groups in total. The van der Waals surface area contributed by atoms with Gasteiger partial charge >= 0.3 is 5.97 Å². The molecule has 11 nitrogen and oxygen atoms in total. The summed E-state index contributed by atoms with van der Waals surface area (Å²) in [5.41, 5.74) is 6.70. The van der Waals surface area contributed by atoms with Crippen molar-refractivity contribution >= 4 is 23.7 Å². The smallest absolute Gasteiger partial charge is 0.328 e. The number of carbonyl (C=O) groups excluding carboxylic acids is 3. The van der Waals surface area contributed by atoms with Crippen LogP contribution in [0, 0.1) is 5.92 Å². The predicted molar refractivity (Wildman–Crippen MR) is 115 cm³/mol. The molecule has 0 aliphatic rings. The van der Waals surface area contributed by atoms with Gasteiger partial charge < -0.3 is 37.0 Å². The molecule has 5 unspecified atom stereocenters. The number of aliphatic hydroxyl groups excluding tert-OH is 1. The highest BCUT2D eigenvalue weighted by Gasteiger charge is 2.29. The van der Waals surface area contributed by atoms with Gasteiger partial charge in [0.15, 0.2) is 6.04 Å². The normalized spacial score (nSPS) is 15.5. The van der Waals surface area contributed by atoms with Crippen LogP contribution in [0.2, 0.25) is 0 Å². The lowest BCUT2D eigenvalue weighted by atomic mass is 9.97. The van der Waals surface area contributed by atoms with Gasteiger partial charge in [-0.05, 0) is 37.0 Å². The van der Waals surface area contributed by atoms with Crippen LogP contribution in [-0.4, -0.2) is 69.8 Å². The van der Waals surface area contributed by atoms with Crippen molar-refractivity contribution in [2.45, 2.75) is 57.8 Å². The van der Waals surface area contributed by atoms with E-state index in [4.69, 9.17) is 10.8 Å². The van der Waals surface area contributed by atoms with E-state index in [1.165, 1.54) is 19.1 Å². The Hall–Kier alpha value is -3.18. The standard InChI is InChI=1S/C21H32N4O7/c1-4-11(2)17(20(30)23-10-16(28)24-18(12(3)26)21(31)32)25-19(29)15(22)9-13-5-7-14(27)8-6-13/h5-8,11-12,15,17-18,26-27H,4,9-10,22H2,1-3H3,(H,23,30)(H,24,28)(H,25,29)(H,31,32). The van der Waals surface area contributed by atoms with Gasteiger partial charge in [0.25, 0.3) is 0 Å². The van der Waals surface area contributed by atoms with Crippen molar-refractivity contribution in [1.29, 1.82) is 0 Å². The van der Waals surface area contributed by atoms with E-state index < -0.39 is 54.5 Å². The number of hydrogen-bond acceptors (Lipinski definition) is 7. The first-order valence-electron chi connectivity index (χ1n) is 10.3. The maximum absolute atomic E-state index is 12.6. The number of nitrogens with two attached hydrogens (primary N) is 1. The number of amides is 3. The molecule has 1 aromatic rings. The molecule has 1 rings (SSSR count). The van der Waals surface area contributed by atoms with Gasteiger partial charge in [-0.3, -0.25) is 14.4 Å². The molecule has 0 fully saturated rings. The topological polar surface area (TPSA) is 191 Å². The summed E-state index contributed by atoms with van der Waals surface area (Å²) in [6.07, 6.45) is -0.574. The van der Waals surface area contributed by atoms with Gasteiger partial charge in [0.1, 0.15) is 11.8 Å². The minimum atomic E-state index is -1.51. The molecule has 178 valence electrons. The number of nitrogens with one attached hydrogen (secondary N) is 3. The summed E-state index contributed by atoms with van der Waals surface area (Å²) in [5.74, 6) is -3.57. The summed E-state index contributed by atoms with van der Waals surface area (Å²) in [4.78, 5) is 48.2. The second-order valence-electron chi connectivity index (χ2n) is 7.69. The van der Waals surface area contributed by atoms with Crippen molar-refractivity contribution in [2.75, 3.05) is 6.54 Å². The van der Waals surface area contributed by atoms with Crippen LogP contribution in [0.3, 0.4) is 0 Å². The number of carboxylic acids is 1. The van der Waals surface area contributed by atoms with Crippen LogP contribution in [0.25, 0.3) is 0 Å². The number of carbonyl (C=O) groups is 4. The second-order valence-corrected chi connectivity index (χ2v) is 7.69. The van der Waals surface area contributed by atoms with E-state index in [1.54, 1.807) is 19.1 Å². The fraction of sp³-hybridized carbons (Fsp3) is 0.524. The van der Waals surface area contributed by atoms with Gasteiger partial charge in [-0.25, -0.2) is 4.79 Å². The van der Waals surface area contributed by atoms with E-state index in [2.05, 4.69) is 16.0 Å². The number of aliphatic carboxylic acids is 1. The Kier molecular flexibility index (Phi) is 10.6.